The number of rotatable bonds is 7. The van der Waals surface area contributed by atoms with Crippen LogP contribution in [0.2, 0.25) is 0 Å². The minimum atomic E-state index is -1.21. The lowest BCUT2D eigenvalue weighted by Gasteiger charge is -2.49. The highest BCUT2D eigenvalue weighted by molar-refractivity contribution is 8.00. The molecule has 2 amide bonds. The molecule has 11 nitrogen and oxygen atoms in total. The lowest BCUT2D eigenvalue weighted by atomic mass is 10.0. The summed E-state index contributed by atoms with van der Waals surface area (Å²) in [7, 11) is 2.73. The Balaban J connectivity index is 0.00000300. The number of nitrogens with zero attached hydrogens (tertiary/aromatic N) is 3. The number of amides is 2. The minimum Gasteiger partial charge on any atom is -0.477 e. The van der Waals surface area contributed by atoms with Gasteiger partial charge in [0.1, 0.15) is 29.9 Å². The van der Waals surface area contributed by atoms with Crippen molar-refractivity contribution in [3.63, 3.8) is 0 Å². The van der Waals surface area contributed by atoms with E-state index in [0.717, 1.165) is 11.3 Å². The van der Waals surface area contributed by atoms with E-state index in [0.29, 0.717) is 11.3 Å². The lowest BCUT2D eigenvalue weighted by Crippen LogP contribution is -2.71. The number of nitrogens with two attached hydrogens (primary N) is 1. The van der Waals surface area contributed by atoms with E-state index in [1.165, 1.54) is 30.9 Å². The SMILES string of the molecule is COCC1=C(C(=O)O)N2C(=O)[C@@H](NC(=O)/C(=N\OC)c3csc(N)n3)[C@H]2SC1.Cl. The normalized spacial score (nSPS) is 21.1. The molecule has 1 fully saturated rings. The first-order valence-corrected chi connectivity index (χ1v) is 9.84. The third kappa shape index (κ3) is 4.32. The van der Waals surface area contributed by atoms with Gasteiger partial charge in [-0.15, -0.1) is 35.5 Å². The summed E-state index contributed by atoms with van der Waals surface area (Å²) in [5, 5.41) is 17.0. The van der Waals surface area contributed by atoms with Gasteiger partial charge in [-0.2, -0.15) is 0 Å². The summed E-state index contributed by atoms with van der Waals surface area (Å²) in [6.45, 7) is 0.109. The van der Waals surface area contributed by atoms with Gasteiger partial charge in [0, 0.05) is 18.2 Å². The molecule has 1 aromatic heterocycles. The summed E-state index contributed by atoms with van der Waals surface area (Å²) in [4.78, 5) is 46.7. The van der Waals surface area contributed by atoms with E-state index in [-0.39, 0.29) is 41.2 Å². The molecule has 0 aromatic carbocycles. The first kappa shape index (κ1) is 22.9. The molecular weight excluding hydrogens is 446 g/mol. The third-order valence-electron chi connectivity index (χ3n) is 4.02. The number of carboxylic acid groups (broad SMARTS) is 1. The fourth-order valence-electron chi connectivity index (χ4n) is 2.87. The molecule has 0 spiro atoms. The van der Waals surface area contributed by atoms with Gasteiger partial charge in [-0.25, -0.2) is 9.78 Å². The molecular formula is C15H18ClN5O6S2. The van der Waals surface area contributed by atoms with Crippen LogP contribution < -0.4 is 11.1 Å². The Morgan fingerprint density at radius 1 is 1.48 bits per heavy atom. The zero-order chi connectivity index (χ0) is 20.4. The molecule has 0 saturated carbocycles. The maximum absolute atomic E-state index is 12.6. The van der Waals surface area contributed by atoms with Gasteiger partial charge in [0.25, 0.3) is 11.8 Å². The number of thiazole rings is 1. The standard InChI is InChI=1S/C15H17N5O6S2.ClH/c1-25-3-6-4-27-13-9(12(22)20(13)10(6)14(23)24)18-11(21)8(19-26-2)7-5-28-15(16)17-7;/h5,9,13H,3-4H2,1-2H3,(H2,16,17)(H,18,21)(H,23,24);1H/b19-8-;/t9-,13-;/m1./s1. The van der Waals surface area contributed by atoms with E-state index in [1.807, 2.05) is 0 Å². The number of ether oxygens (including phenoxy) is 1. The van der Waals surface area contributed by atoms with Crippen molar-refractivity contribution in [2.24, 2.45) is 5.16 Å². The van der Waals surface area contributed by atoms with Crippen molar-refractivity contribution in [3.05, 3.63) is 22.3 Å². The number of aromatic nitrogens is 1. The van der Waals surface area contributed by atoms with E-state index in [2.05, 4.69) is 15.5 Å². The van der Waals surface area contributed by atoms with E-state index in [1.54, 1.807) is 5.38 Å². The Morgan fingerprint density at radius 2 is 2.21 bits per heavy atom. The number of anilines is 1. The quantitative estimate of drug-likeness (QED) is 0.285. The van der Waals surface area contributed by atoms with Gasteiger partial charge < -0.3 is 25.7 Å². The van der Waals surface area contributed by atoms with Gasteiger partial charge in [0.05, 0.1) is 6.61 Å². The summed E-state index contributed by atoms with van der Waals surface area (Å²) < 4.78 is 5.02. The number of oxime groups is 1. The number of methoxy groups -OCH3 is 1. The van der Waals surface area contributed by atoms with Crippen molar-refractivity contribution in [1.82, 2.24) is 15.2 Å². The van der Waals surface area contributed by atoms with Crippen LogP contribution in [0.1, 0.15) is 5.69 Å². The summed E-state index contributed by atoms with van der Waals surface area (Å²) in [6.07, 6.45) is 0. The topological polar surface area (TPSA) is 156 Å². The smallest absolute Gasteiger partial charge is 0.352 e. The largest absolute Gasteiger partial charge is 0.477 e. The van der Waals surface area contributed by atoms with Crippen molar-refractivity contribution in [2.75, 3.05) is 32.3 Å². The van der Waals surface area contributed by atoms with Crippen molar-refractivity contribution >= 4 is 64.1 Å². The fraction of sp³-hybridized carbons (Fsp3) is 0.400. The summed E-state index contributed by atoms with van der Waals surface area (Å²) in [6, 6.07) is -0.894. The zero-order valence-corrected chi connectivity index (χ0v) is 17.7. The van der Waals surface area contributed by atoms with Gasteiger partial charge >= 0.3 is 5.97 Å². The van der Waals surface area contributed by atoms with E-state index >= 15 is 0 Å². The molecule has 0 bridgehead atoms. The number of carbonyl (C=O) groups excluding carboxylic acids is 2. The number of hydrogen-bond acceptors (Lipinski definition) is 10. The van der Waals surface area contributed by atoms with Crippen LogP contribution in [0.4, 0.5) is 5.13 Å². The van der Waals surface area contributed by atoms with Gasteiger partial charge in [0.15, 0.2) is 10.8 Å². The number of nitrogen functional groups attached to an aromatic ring is 1. The van der Waals surface area contributed by atoms with Gasteiger partial charge in [-0.05, 0) is 5.57 Å². The van der Waals surface area contributed by atoms with Gasteiger partial charge in [-0.1, -0.05) is 5.16 Å². The van der Waals surface area contributed by atoms with Crippen LogP contribution in [0.5, 0.6) is 0 Å². The monoisotopic (exact) mass is 463 g/mol. The molecule has 0 unspecified atom stereocenters. The van der Waals surface area contributed by atoms with Crippen LogP contribution in [-0.2, 0) is 24.0 Å². The first-order chi connectivity index (χ1) is 13.4. The number of aliphatic carboxylic acids is 1. The molecule has 3 rings (SSSR count). The highest BCUT2D eigenvalue weighted by Crippen LogP contribution is 2.40. The van der Waals surface area contributed by atoms with Crippen LogP contribution in [0, 0.1) is 0 Å². The Labute approximate surface area is 179 Å². The number of hydrogen-bond donors (Lipinski definition) is 3. The second kappa shape index (κ2) is 9.43. The predicted octanol–water partition coefficient (Wildman–Crippen LogP) is -0.117. The molecule has 0 radical (unpaired) electrons. The summed E-state index contributed by atoms with van der Waals surface area (Å²) >= 11 is 2.47. The first-order valence-electron chi connectivity index (χ1n) is 7.91. The lowest BCUT2D eigenvalue weighted by molar-refractivity contribution is -0.150. The average Bonchev–Trinajstić information content (AvgIpc) is 3.09. The minimum absolute atomic E-state index is 0. The van der Waals surface area contributed by atoms with E-state index in [9.17, 15) is 19.5 Å². The van der Waals surface area contributed by atoms with Gasteiger partial charge in [0.2, 0.25) is 0 Å². The van der Waals surface area contributed by atoms with Crippen LogP contribution in [0.15, 0.2) is 21.8 Å². The molecule has 2 aliphatic rings. The Hall–Kier alpha value is -2.35. The average molecular weight is 464 g/mol. The van der Waals surface area contributed by atoms with Crippen LogP contribution in [0.25, 0.3) is 0 Å². The second-order valence-electron chi connectivity index (χ2n) is 5.74. The number of thioether (sulfide) groups is 1. The Kier molecular flexibility index (Phi) is 7.46. The van der Waals surface area contributed by atoms with Crippen molar-refractivity contribution < 1.29 is 29.1 Å². The number of carboxylic acids is 1. The highest BCUT2D eigenvalue weighted by atomic mass is 35.5. The molecule has 1 saturated heterocycles. The predicted molar refractivity (Wildman–Crippen MR) is 109 cm³/mol. The molecule has 14 heteroatoms. The van der Waals surface area contributed by atoms with Crippen LogP contribution in [0.3, 0.4) is 0 Å². The van der Waals surface area contributed by atoms with Crippen LogP contribution in [-0.4, -0.2) is 76.5 Å². The van der Waals surface area contributed by atoms with Crippen molar-refractivity contribution in [3.8, 4) is 0 Å². The zero-order valence-electron chi connectivity index (χ0n) is 15.3. The van der Waals surface area contributed by atoms with Gasteiger partial charge in [-0.3, -0.25) is 14.5 Å². The number of fused-ring (bicyclic) bond motifs is 1. The molecule has 4 N–H and O–H groups in total. The number of carbonyl (C=O) groups is 3. The molecule has 0 aliphatic carbocycles. The molecule has 158 valence electrons. The third-order valence-corrected chi connectivity index (χ3v) is 6.03. The molecule has 29 heavy (non-hydrogen) atoms. The molecule has 3 heterocycles. The highest BCUT2D eigenvalue weighted by Gasteiger charge is 2.54. The second-order valence-corrected chi connectivity index (χ2v) is 7.74. The number of β-lactam (4-membered cyclic amide) rings is 1. The fourth-order valence-corrected chi connectivity index (χ4v) is 4.75. The Morgan fingerprint density at radius 3 is 2.76 bits per heavy atom. The summed E-state index contributed by atoms with van der Waals surface area (Å²) in [5.74, 6) is -2.03. The molecule has 2 atom stereocenters. The van der Waals surface area contributed by atoms with Crippen molar-refractivity contribution in [1.29, 1.82) is 0 Å². The van der Waals surface area contributed by atoms with Crippen molar-refractivity contribution in [2.45, 2.75) is 11.4 Å². The maximum atomic E-state index is 12.6. The molecule has 1 aromatic rings. The summed E-state index contributed by atoms with van der Waals surface area (Å²) in [5.41, 5.74) is 6.09. The number of halogens is 1. The van der Waals surface area contributed by atoms with E-state index in [4.69, 9.17) is 15.3 Å². The number of nitrogens with one attached hydrogen (secondary N) is 1. The maximum Gasteiger partial charge on any atom is 0.352 e. The molecule has 2 aliphatic heterocycles. The Bertz CT molecular complexity index is 888. The van der Waals surface area contributed by atoms with Crippen LogP contribution >= 0.6 is 35.5 Å². The van der Waals surface area contributed by atoms with E-state index < -0.39 is 29.2 Å².